The van der Waals surface area contributed by atoms with Gasteiger partial charge in [0.15, 0.2) is 0 Å². The molecule has 1 heterocycles. The van der Waals surface area contributed by atoms with Crippen LogP contribution in [0.25, 0.3) is 0 Å². The normalized spacial score (nSPS) is 9.95. The summed E-state index contributed by atoms with van der Waals surface area (Å²) in [5.41, 5.74) is 5.13. The van der Waals surface area contributed by atoms with Gasteiger partial charge in [0.1, 0.15) is 5.69 Å². The van der Waals surface area contributed by atoms with Crippen LogP contribution in [0.2, 0.25) is 0 Å². The van der Waals surface area contributed by atoms with Crippen LogP contribution in [0.3, 0.4) is 0 Å². The SMILES string of the molecule is CCOC(=O)c1nc(C(=O)NCCCC(N)=O)cs1. The van der Waals surface area contributed by atoms with Crippen LogP contribution in [0.15, 0.2) is 5.38 Å². The van der Waals surface area contributed by atoms with Crippen molar-refractivity contribution in [2.45, 2.75) is 19.8 Å². The van der Waals surface area contributed by atoms with Crippen LogP contribution in [-0.4, -0.2) is 35.9 Å². The lowest BCUT2D eigenvalue weighted by atomic mass is 10.3. The Kier molecular flexibility index (Phi) is 5.94. The zero-order valence-electron chi connectivity index (χ0n) is 10.5. The summed E-state index contributed by atoms with van der Waals surface area (Å²) < 4.78 is 4.77. The van der Waals surface area contributed by atoms with Crippen molar-refractivity contribution in [3.05, 3.63) is 16.1 Å². The zero-order valence-corrected chi connectivity index (χ0v) is 11.3. The average molecular weight is 285 g/mol. The van der Waals surface area contributed by atoms with Crippen LogP contribution in [0.4, 0.5) is 0 Å². The van der Waals surface area contributed by atoms with Gasteiger partial charge in [-0.05, 0) is 13.3 Å². The Bertz CT molecular complexity index is 472. The summed E-state index contributed by atoms with van der Waals surface area (Å²) in [6.07, 6.45) is 0.682. The van der Waals surface area contributed by atoms with Gasteiger partial charge in [-0.3, -0.25) is 9.59 Å². The number of hydrogen-bond donors (Lipinski definition) is 2. The van der Waals surface area contributed by atoms with E-state index in [1.165, 1.54) is 5.38 Å². The van der Waals surface area contributed by atoms with E-state index in [0.717, 1.165) is 11.3 Å². The summed E-state index contributed by atoms with van der Waals surface area (Å²) in [6.45, 7) is 2.28. The Morgan fingerprint density at radius 2 is 2.21 bits per heavy atom. The molecule has 0 bridgehead atoms. The third-order valence-electron chi connectivity index (χ3n) is 2.07. The number of carbonyl (C=O) groups is 3. The largest absolute Gasteiger partial charge is 0.461 e. The van der Waals surface area contributed by atoms with Gasteiger partial charge in [-0.25, -0.2) is 9.78 Å². The third-order valence-corrected chi connectivity index (χ3v) is 2.89. The van der Waals surface area contributed by atoms with E-state index in [-0.39, 0.29) is 23.7 Å². The number of amides is 2. The fourth-order valence-electron chi connectivity index (χ4n) is 1.22. The fraction of sp³-hybridized carbons (Fsp3) is 0.455. The Balaban J connectivity index is 2.45. The number of esters is 1. The molecular formula is C11H15N3O4S. The molecule has 1 rings (SSSR count). The minimum atomic E-state index is -0.541. The molecule has 0 atom stereocenters. The number of aromatic nitrogens is 1. The third kappa shape index (κ3) is 5.04. The second kappa shape index (κ2) is 7.47. The van der Waals surface area contributed by atoms with Gasteiger partial charge >= 0.3 is 5.97 Å². The summed E-state index contributed by atoms with van der Waals surface area (Å²) in [7, 11) is 0. The maximum atomic E-state index is 11.6. The lowest BCUT2D eigenvalue weighted by molar-refractivity contribution is -0.118. The van der Waals surface area contributed by atoms with E-state index in [4.69, 9.17) is 10.5 Å². The Labute approximate surface area is 114 Å². The van der Waals surface area contributed by atoms with Gasteiger partial charge in [-0.15, -0.1) is 11.3 Å². The number of rotatable bonds is 7. The van der Waals surface area contributed by atoms with Crippen molar-refractivity contribution < 1.29 is 19.1 Å². The van der Waals surface area contributed by atoms with Crippen LogP contribution in [-0.2, 0) is 9.53 Å². The number of ether oxygens (including phenoxy) is 1. The first-order valence-electron chi connectivity index (χ1n) is 5.73. The van der Waals surface area contributed by atoms with E-state index in [2.05, 4.69) is 10.3 Å². The molecule has 7 nitrogen and oxygen atoms in total. The molecule has 0 aromatic carbocycles. The Morgan fingerprint density at radius 1 is 1.47 bits per heavy atom. The van der Waals surface area contributed by atoms with Crippen molar-refractivity contribution in [3.63, 3.8) is 0 Å². The molecule has 0 aliphatic rings. The first-order chi connectivity index (χ1) is 9.04. The molecule has 0 spiro atoms. The summed E-state index contributed by atoms with van der Waals surface area (Å²) in [6, 6.07) is 0. The number of nitrogens with zero attached hydrogens (tertiary/aromatic N) is 1. The second-order valence-electron chi connectivity index (χ2n) is 3.58. The summed E-state index contributed by atoms with van der Waals surface area (Å²) in [4.78, 5) is 37.4. The van der Waals surface area contributed by atoms with Crippen molar-refractivity contribution in [1.29, 1.82) is 0 Å². The smallest absolute Gasteiger partial charge is 0.367 e. The Hall–Kier alpha value is -1.96. The predicted octanol–water partition coefficient (Wildman–Crippen LogP) is 0.315. The molecule has 1 aromatic rings. The predicted molar refractivity (Wildman–Crippen MR) is 68.8 cm³/mol. The molecule has 0 radical (unpaired) electrons. The minimum absolute atomic E-state index is 0.143. The summed E-state index contributed by atoms with van der Waals surface area (Å²) >= 11 is 1.05. The molecule has 1 aromatic heterocycles. The second-order valence-corrected chi connectivity index (χ2v) is 4.44. The van der Waals surface area contributed by atoms with Crippen molar-refractivity contribution in [3.8, 4) is 0 Å². The molecule has 0 saturated heterocycles. The first kappa shape index (κ1) is 15.1. The van der Waals surface area contributed by atoms with Crippen molar-refractivity contribution in [1.82, 2.24) is 10.3 Å². The maximum absolute atomic E-state index is 11.6. The van der Waals surface area contributed by atoms with Crippen LogP contribution >= 0.6 is 11.3 Å². The highest BCUT2D eigenvalue weighted by atomic mass is 32.1. The summed E-state index contributed by atoms with van der Waals surface area (Å²) in [5, 5.41) is 4.21. The maximum Gasteiger partial charge on any atom is 0.367 e. The zero-order chi connectivity index (χ0) is 14.3. The number of carbonyl (C=O) groups excluding carboxylic acids is 3. The standard InChI is InChI=1S/C11H15N3O4S/c1-2-18-11(17)10-14-7(6-19-10)9(16)13-5-3-4-8(12)15/h6H,2-5H2,1H3,(H2,12,15)(H,13,16). The molecule has 8 heteroatoms. The van der Waals surface area contributed by atoms with Gasteiger partial charge in [0.2, 0.25) is 10.9 Å². The topological polar surface area (TPSA) is 111 Å². The molecule has 3 N–H and O–H groups in total. The van der Waals surface area contributed by atoms with Crippen LogP contribution in [0, 0.1) is 0 Å². The first-order valence-corrected chi connectivity index (χ1v) is 6.61. The molecule has 0 aliphatic carbocycles. The van der Waals surface area contributed by atoms with Crippen LogP contribution < -0.4 is 11.1 Å². The quantitative estimate of drug-likeness (QED) is 0.553. The molecule has 2 amide bonds. The summed E-state index contributed by atoms with van der Waals surface area (Å²) in [5.74, 6) is -1.34. The Morgan fingerprint density at radius 3 is 2.84 bits per heavy atom. The van der Waals surface area contributed by atoms with Gasteiger partial charge in [0, 0.05) is 18.3 Å². The van der Waals surface area contributed by atoms with E-state index in [9.17, 15) is 14.4 Å². The van der Waals surface area contributed by atoms with E-state index in [0.29, 0.717) is 13.0 Å². The molecule has 104 valence electrons. The van der Waals surface area contributed by atoms with Gasteiger partial charge in [-0.2, -0.15) is 0 Å². The lowest BCUT2D eigenvalue weighted by Gasteiger charge is -2.01. The monoisotopic (exact) mass is 285 g/mol. The van der Waals surface area contributed by atoms with Gasteiger partial charge in [-0.1, -0.05) is 0 Å². The number of primary amides is 1. The molecule has 0 aliphatic heterocycles. The number of nitrogens with one attached hydrogen (secondary N) is 1. The molecule has 0 unspecified atom stereocenters. The average Bonchev–Trinajstić information content (AvgIpc) is 2.84. The highest BCUT2D eigenvalue weighted by Crippen LogP contribution is 2.11. The number of thiazole rings is 1. The van der Waals surface area contributed by atoms with Gasteiger partial charge in [0.05, 0.1) is 6.61 Å². The van der Waals surface area contributed by atoms with E-state index in [1.807, 2.05) is 0 Å². The minimum Gasteiger partial charge on any atom is -0.461 e. The van der Waals surface area contributed by atoms with Crippen molar-refractivity contribution in [2.75, 3.05) is 13.2 Å². The van der Waals surface area contributed by atoms with E-state index < -0.39 is 17.8 Å². The lowest BCUT2D eigenvalue weighted by Crippen LogP contribution is -2.26. The van der Waals surface area contributed by atoms with E-state index >= 15 is 0 Å². The van der Waals surface area contributed by atoms with Gasteiger partial charge in [0.25, 0.3) is 5.91 Å². The van der Waals surface area contributed by atoms with Gasteiger partial charge < -0.3 is 15.8 Å². The molecule has 0 fully saturated rings. The van der Waals surface area contributed by atoms with Crippen LogP contribution in [0.5, 0.6) is 0 Å². The highest BCUT2D eigenvalue weighted by molar-refractivity contribution is 7.11. The van der Waals surface area contributed by atoms with Crippen LogP contribution in [0.1, 0.15) is 40.1 Å². The number of hydrogen-bond acceptors (Lipinski definition) is 6. The van der Waals surface area contributed by atoms with Crippen molar-refractivity contribution in [2.24, 2.45) is 5.73 Å². The molecule has 19 heavy (non-hydrogen) atoms. The highest BCUT2D eigenvalue weighted by Gasteiger charge is 2.15. The molecular weight excluding hydrogens is 270 g/mol. The van der Waals surface area contributed by atoms with E-state index in [1.54, 1.807) is 6.92 Å². The fourth-order valence-corrected chi connectivity index (χ4v) is 1.91. The molecule has 0 saturated carbocycles. The number of nitrogens with two attached hydrogens (primary N) is 1. The van der Waals surface area contributed by atoms with Crippen molar-refractivity contribution >= 4 is 29.1 Å².